The smallest absolute Gasteiger partial charge is 0.306 e. The fraction of sp³-hybridized carbons (Fsp3) is 0.857. The number of carbonyl (C=O) groups is 2. The Hall–Kier alpha value is -1.33. The monoisotopic (exact) mass is 696 g/mol. The van der Waals surface area contributed by atoms with Crippen LogP contribution < -0.4 is 12.4 Å². The van der Waals surface area contributed by atoms with Crippen LogP contribution >= 0.6 is 0 Å². The van der Waals surface area contributed by atoms with Gasteiger partial charge in [0.2, 0.25) is 0 Å². The van der Waals surface area contributed by atoms with Crippen molar-refractivity contribution in [1.82, 2.24) is 0 Å². The van der Waals surface area contributed by atoms with E-state index in [-0.39, 0.29) is 36.6 Å². The van der Waals surface area contributed by atoms with Crippen molar-refractivity contribution < 1.29 is 36.0 Å². The number of hydrogen-bond acceptors (Lipinski definition) is 4. The molecule has 0 aromatic rings. The molecular weight excluding hydrogens is 618 g/mol. The molecule has 0 aromatic carbocycles. The fourth-order valence-electron chi connectivity index (χ4n) is 6.65. The second-order valence-corrected chi connectivity index (χ2v) is 15.0. The molecular formula is C42H78ClNO4. The maximum atomic E-state index is 12.6. The first-order chi connectivity index (χ1) is 22.9. The van der Waals surface area contributed by atoms with Crippen LogP contribution in [-0.4, -0.2) is 55.8 Å². The van der Waals surface area contributed by atoms with Crippen molar-refractivity contribution in [3.63, 3.8) is 0 Å². The van der Waals surface area contributed by atoms with E-state index in [1.165, 1.54) is 141 Å². The maximum absolute atomic E-state index is 12.6. The van der Waals surface area contributed by atoms with E-state index in [4.69, 9.17) is 9.47 Å². The lowest BCUT2D eigenvalue weighted by Gasteiger charge is -2.22. The lowest BCUT2D eigenvalue weighted by atomic mass is 10.1. The first kappa shape index (κ1) is 46.7. The Labute approximate surface area is 304 Å². The molecule has 0 aliphatic carbocycles. The van der Waals surface area contributed by atoms with E-state index in [1.807, 2.05) is 0 Å². The number of likely N-dealkylation sites (tertiary alicyclic amines) is 1. The summed E-state index contributed by atoms with van der Waals surface area (Å²) in [6.07, 6.45) is 42.0. The molecule has 1 heterocycles. The van der Waals surface area contributed by atoms with Crippen LogP contribution in [0.2, 0.25) is 0 Å². The third-order valence-electron chi connectivity index (χ3n) is 9.61. The molecule has 282 valence electrons. The topological polar surface area (TPSA) is 52.6 Å². The number of ether oxygens (including phenoxy) is 2. The van der Waals surface area contributed by atoms with Gasteiger partial charge in [-0.25, -0.2) is 0 Å². The third-order valence-corrected chi connectivity index (χ3v) is 9.61. The van der Waals surface area contributed by atoms with Gasteiger partial charge < -0.3 is 26.4 Å². The molecule has 6 heteroatoms. The van der Waals surface area contributed by atoms with E-state index in [2.05, 4.69) is 52.2 Å². The van der Waals surface area contributed by atoms with Crippen molar-refractivity contribution >= 4 is 11.9 Å². The molecule has 1 aliphatic heterocycles. The molecule has 0 bridgehead atoms. The minimum Gasteiger partial charge on any atom is -1.00 e. The van der Waals surface area contributed by atoms with Crippen LogP contribution in [0.1, 0.15) is 194 Å². The summed E-state index contributed by atoms with van der Waals surface area (Å²) < 4.78 is 12.4. The molecule has 1 saturated heterocycles. The molecule has 0 spiro atoms. The second kappa shape index (κ2) is 32.9. The van der Waals surface area contributed by atoms with E-state index in [0.717, 1.165) is 25.7 Å². The van der Waals surface area contributed by atoms with Gasteiger partial charge in [0.15, 0.2) is 12.2 Å². The van der Waals surface area contributed by atoms with Crippen molar-refractivity contribution in [3.05, 3.63) is 24.3 Å². The molecule has 0 amide bonds. The number of rotatable bonds is 32. The van der Waals surface area contributed by atoms with E-state index in [9.17, 15) is 9.59 Å². The quantitative estimate of drug-likeness (QED) is 0.0305. The van der Waals surface area contributed by atoms with Gasteiger partial charge in [0.1, 0.15) is 13.1 Å². The predicted octanol–water partition coefficient (Wildman–Crippen LogP) is 8.98. The number of likely N-dealkylation sites (N-methyl/N-ethyl adjacent to an activating group) is 1. The van der Waals surface area contributed by atoms with Gasteiger partial charge in [-0.3, -0.25) is 9.59 Å². The molecule has 48 heavy (non-hydrogen) atoms. The standard InChI is InChI=1S/C42H78NO4.ClH/c1-5-7-9-11-13-15-17-19-21-23-25-27-29-31-33-35-41(44)46-39-37-43(3,4)38-40(39)47-42(45)36-34-32-30-28-26-24-22-20-18-16-14-12-10-8-6-2;/h19-22,39-40H,5-18,23-38H2,1-4H3;1H/q+1;/p-1/b21-19-,22-20-;/t39-,40?;/m1./s1. The van der Waals surface area contributed by atoms with E-state index < -0.39 is 0 Å². The summed E-state index contributed by atoms with van der Waals surface area (Å²) in [6, 6.07) is 0. The van der Waals surface area contributed by atoms with Gasteiger partial charge in [-0.1, -0.05) is 141 Å². The van der Waals surface area contributed by atoms with E-state index >= 15 is 0 Å². The number of unbranched alkanes of at least 4 members (excludes halogenated alkanes) is 22. The number of hydrogen-bond donors (Lipinski definition) is 0. The van der Waals surface area contributed by atoms with Crippen molar-refractivity contribution in [2.75, 3.05) is 27.2 Å². The molecule has 1 aliphatic rings. The first-order valence-electron chi connectivity index (χ1n) is 20.4. The maximum Gasteiger partial charge on any atom is 0.306 e. The minimum absolute atomic E-state index is 0. The molecule has 1 rings (SSSR count). The molecule has 1 unspecified atom stereocenters. The Morgan fingerprint density at radius 1 is 0.479 bits per heavy atom. The van der Waals surface area contributed by atoms with Crippen LogP contribution in [0.4, 0.5) is 0 Å². The molecule has 2 atom stereocenters. The van der Waals surface area contributed by atoms with Gasteiger partial charge in [0.25, 0.3) is 0 Å². The fourth-order valence-corrected chi connectivity index (χ4v) is 6.65. The number of esters is 2. The Bertz CT molecular complexity index is 747. The van der Waals surface area contributed by atoms with E-state index in [1.54, 1.807) is 0 Å². The summed E-state index contributed by atoms with van der Waals surface area (Å²) in [5, 5.41) is 0. The van der Waals surface area contributed by atoms with Crippen LogP contribution in [0.3, 0.4) is 0 Å². The molecule has 0 radical (unpaired) electrons. The van der Waals surface area contributed by atoms with Crippen LogP contribution in [0.15, 0.2) is 24.3 Å². The van der Waals surface area contributed by atoms with Crippen molar-refractivity contribution in [1.29, 1.82) is 0 Å². The van der Waals surface area contributed by atoms with Crippen molar-refractivity contribution in [2.45, 2.75) is 206 Å². The summed E-state index contributed by atoms with van der Waals surface area (Å²) >= 11 is 0. The van der Waals surface area contributed by atoms with Crippen LogP contribution in [0.5, 0.6) is 0 Å². The highest BCUT2D eigenvalue weighted by atomic mass is 35.5. The molecule has 0 aromatic heterocycles. The van der Waals surface area contributed by atoms with Gasteiger partial charge in [-0.2, -0.15) is 0 Å². The largest absolute Gasteiger partial charge is 1.00 e. The van der Waals surface area contributed by atoms with Crippen LogP contribution in [0.25, 0.3) is 0 Å². The zero-order valence-electron chi connectivity index (χ0n) is 32.1. The Kier molecular flexibility index (Phi) is 31.9. The van der Waals surface area contributed by atoms with Gasteiger partial charge >= 0.3 is 11.9 Å². The predicted molar refractivity (Wildman–Crippen MR) is 201 cm³/mol. The average Bonchev–Trinajstić information content (AvgIpc) is 3.32. The van der Waals surface area contributed by atoms with Gasteiger partial charge in [0.05, 0.1) is 14.1 Å². The summed E-state index contributed by atoms with van der Waals surface area (Å²) in [6.45, 7) is 5.93. The molecule has 1 fully saturated rings. The summed E-state index contributed by atoms with van der Waals surface area (Å²) in [7, 11) is 4.23. The third kappa shape index (κ3) is 28.5. The number of carbonyl (C=O) groups excluding carboxylic acids is 2. The van der Waals surface area contributed by atoms with Gasteiger partial charge in [-0.05, 0) is 64.2 Å². The molecule has 5 nitrogen and oxygen atoms in total. The average molecular weight is 697 g/mol. The van der Waals surface area contributed by atoms with Crippen LogP contribution in [-0.2, 0) is 19.1 Å². The first-order valence-corrected chi connectivity index (χ1v) is 20.4. The lowest BCUT2D eigenvalue weighted by Crippen LogP contribution is -3.00. The van der Waals surface area contributed by atoms with Crippen LogP contribution in [0, 0.1) is 0 Å². The zero-order valence-corrected chi connectivity index (χ0v) is 32.9. The highest BCUT2D eigenvalue weighted by Crippen LogP contribution is 2.23. The molecule has 0 saturated carbocycles. The Morgan fingerprint density at radius 2 is 0.750 bits per heavy atom. The summed E-state index contributed by atoms with van der Waals surface area (Å²) in [4.78, 5) is 25.2. The van der Waals surface area contributed by atoms with Gasteiger partial charge in [-0.15, -0.1) is 0 Å². The molecule has 0 N–H and O–H groups in total. The minimum atomic E-state index is -0.335. The van der Waals surface area contributed by atoms with Crippen molar-refractivity contribution in [2.24, 2.45) is 0 Å². The second-order valence-electron chi connectivity index (χ2n) is 15.0. The SMILES string of the molecule is CCCCCCCC/C=C\CCCCCCCC(=O)OC1C[N+](C)(C)C[C@H]1OC(=O)CCCCCCC/C=C\CCCCCCCC.[Cl-]. The number of quaternary nitrogens is 1. The van der Waals surface area contributed by atoms with Crippen molar-refractivity contribution in [3.8, 4) is 0 Å². The zero-order chi connectivity index (χ0) is 34.3. The summed E-state index contributed by atoms with van der Waals surface area (Å²) in [5.41, 5.74) is 0. The Morgan fingerprint density at radius 3 is 1.06 bits per heavy atom. The lowest BCUT2D eigenvalue weighted by molar-refractivity contribution is -0.880. The number of halogens is 1. The number of nitrogens with zero attached hydrogens (tertiary/aromatic N) is 1. The highest BCUT2D eigenvalue weighted by Gasteiger charge is 2.45. The Balaban J connectivity index is 0.0000221. The van der Waals surface area contributed by atoms with E-state index in [0.29, 0.717) is 30.4 Å². The number of allylic oxidation sites excluding steroid dienone is 4. The highest BCUT2D eigenvalue weighted by molar-refractivity contribution is 5.70. The summed E-state index contributed by atoms with van der Waals surface area (Å²) in [5.74, 6) is -0.291. The van der Waals surface area contributed by atoms with Gasteiger partial charge in [0, 0.05) is 12.8 Å². The normalized spacial score (nSPS) is 17.2.